The van der Waals surface area contributed by atoms with E-state index in [-0.39, 0.29) is 0 Å². The Morgan fingerprint density at radius 1 is 1.44 bits per heavy atom. The number of hydrogen-bond donors (Lipinski definition) is 1. The van der Waals surface area contributed by atoms with E-state index < -0.39 is 6.10 Å². The van der Waals surface area contributed by atoms with E-state index in [2.05, 4.69) is 21.0 Å². The van der Waals surface area contributed by atoms with Gasteiger partial charge in [-0.2, -0.15) is 5.10 Å². The SMILES string of the molecule is COc1ccc(Br)c(C(O)Cc2ccn(C)n2)c1. The molecule has 0 radical (unpaired) electrons. The number of nitrogens with zero attached hydrogens (tertiary/aromatic N) is 2. The molecule has 0 saturated carbocycles. The van der Waals surface area contributed by atoms with E-state index in [4.69, 9.17) is 4.74 Å². The van der Waals surface area contributed by atoms with Gasteiger partial charge in [0.15, 0.2) is 0 Å². The zero-order chi connectivity index (χ0) is 13.1. The lowest BCUT2D eigenvalue weighted by Crippen LogP contribution is -2.04. The number of aliphatic hydroxyl groups is 1. The van der Waals surface area contributed by atoms with Crippen molar-refractivity contribution in [2.24, 2.45) is 7.05 Å². The summed E-state index contributed by atoms with van der Waals surface area (Å²) in [5.74, 6) is 0.730. The number of benzene rings is 1. The smallest absolute Gasteiger partial charge is 0.119 e. The highest BCUT2D eigenvalue weighted by atomic mass is 79.9. The molecule has 96 valence electrons. The highest BCUT2D eigenvalue weighted by Crippen LogP contribution is 2.29. The van der Waals surface area contributed by atoms with E-state index in [1.807, 2.05) is 37.5 Å². The van der Waals surface area contributed by atoms with E-state index in [0.29, 0.717) is 6.42 Å². The lowest BCUT2D eigenvalue weighted by Gasteiger charge is -2.13. The summed E-state index contributed by atoms with van der Waals surface area (Å²) in [6, 6.07) is 7.45. The third-order valence-electron chi connectivity index (χ3n) is 2.73. The number of halogens is 1. The van der Waals surface area contributed by atoms with Gasteiger partial charge in [0.05, 0.1) is 18.9 Å². The van der Waals surface area contributed by atoms with Crippen LogP contribution in [0.25, 0.3) is 0 Å². The summed E-state index contributed by atoms with van der Waals surface area (Å²) in [4.78, 5) is 0. The molecule has 18 heavy (non-hydrogen) atoms. The molecule has 0 amide bonds. The predicted molar refractivity (Wildman–Crippen MR) is 72.6 cm³/mol. The molecule has 0 aliphatic heterocycles. The quantitative estimate of drug-likeness (QED) is 0.943. The third-order valence-corrected chi connectivity index (χ3v) is 3.46. The van der Waals surface area contributed by atoms with Gasteiger partial charge in [0.1, 0.15) is 5.75 Å². The molecule has 1 heterocycles. The number of ether oxygens (including phenoxy) is 1. The zero-order valence-electron chi connectivity index (χ0n) is 10.3. The lowest BCUT2D eigenvalue weighted by molar-refractivity contribution is 0.176. The molecule has 1 unspecified atom stereocenters. The average molecular weight is 311 g/mol. The molecular weight excluding hydrogens is 296 g/mol. The standard InChI is InChI=1S/C13H15BrN2O2/c1-16-6-5-9(15-16)7-13(17)11-8-10(18-2)3-4-12(11)14/h3-6,8,13,17H,7H2,1-2H3. The first kappa shape index (κ1) is 13.1. The van der Waals surface area contributed by atoms with Crippen LogP contribution in [-0.2, 0) is 13.5 Å². The molecule has 0 saturated heterocycles. The van der Waals surface area contributed by atoms with E-state index in [0.717, 1.165) is 21.5 Å². The fraction of sp³-hybridized carbons (Fsp3) is 0.308. The van der Waals surface area contributed by atoms with Crippen molar-refractivity contribution in [3.63, 3.8) is 0 Å². The highest BCUT2D eigenvalue weighted by Gasteiger charge is 2.14. The van der Waals surface area contributed by atoms with Crippen molar-refractivity contribution in [2.45, 2.75) is 12.5 Å². The summed E-state index contributed by atoms with van der Waals surface area (Å²) in [6.07, 6.45) is 1.74. The van der Waals surface area contributed by atoms with Crippen LogP contribution in [0.4, 0.5) is 0 Å². The Morgan fingerprint density at radius 3 is 2.83 bits per heavy atom. The maximum Gasteiger partial charge on any atom is 0.119 e. The summed E-state index contributed by atoms with van der Waals surface area (Å²) in [6.45, 7) is 0. The Hall–Kier alpha value is -1.33. The normalized spacial score (nSPS) is 12.4. The number of aromatic nitrogens is 2. The second-order valence-corrected chi connectivity index (χ2v) is 4.94. The highest BCUT2D eigenvalue weighted by molar-refractivity contribution is 9.10. The number of hydrogen-bond acceptors (Lipinski definition) is 3. The number of rotatable bonds is 4. The van der Waals surface area contributed by atoms with Gasteiger partial charge in [-0.3, -0.25) is 4.68 Å². The van der Waals surface area contributed by atoms with Gasteiger partial charge in [0.25, 0.3) is 0 Å². The lowest BCUT2D eigenvalue weighted by atomic mass is 10.0. The van der Waals surface area contributed by atoms with Crippen LogP contribution in [-0.4, -0.2) is 22.0 Å². The van der Waals surface area contributed by atoms with Crippen molar-refractivity contribution in [3.8, 4) is 5.75 Å². The first-order chi connectivity index (χ1) is 8.60. The Balaban J connectivity index is 2.20. The molecule has 5 heteroatoms. The Morgan fingerprint density at radius 2 is 2.22 bits per heavy atom. The molecule has 0 bridgehead atoms. The molecule has 1 aromatic carbocycles. The van der Waals surface area contributed by atoms with Gasteiger partial charge in [-0.1, -0.05) is 15.9 Å². The van der Waals surface area contributed by atoms with Crippen LogP contribution in [0, 0.1) is 0 Å². The van der Waals surface area contributed by atoms with Crippen LogP contribution in [0.1, 0.15) is 17.4 Å². The summed E-state index contributed by atoms with van der Waals surface area (Å²) >= 11 is 3.44. The molecule has 0 fully saturated rings. The second-order valence-electron chi connectivity index (χ2n) is 4.09. The van der Waals surface area contributed by atoms with Crippen molar-refractivity contribution in [2.75, 3.05) is 7.11 Å². The first-order valence-electron chi connectivity index (χ1n) is 5.60. The van der Waals surface area contributed by atoms with Gasteiger partial charge in [-0.25, -0.2) is 0 Å². The van der Waals surface area contributed by atoms with Crippen LogP contribution >= 0.6 is 15.9 Å². The molecular formula is C13H15BrN2O2. The zero-order valence-corrected chi connectivity index (χ0v) is 11.9. The van der Waals surface area contributed by atoms with Crippen LogP contribution in [0.2, 0.25) is 0 Å². The molecule has 1 N–H and O–H groups in total. The maximum absolute atomic E-state index is 10.2. The van der Waals surface area contributed by atoms with Gasteiger partial charge in [0.2, 0.25) is 0 Å². The molecule has 2 aromatic rings. The first-order valence-corrected chi connectivity index (χ1v) is 6.39. The fourth-order valence-corrected chi connectivity index (χ4v) is 2.30. The number of methoxy groups -OCH3 is 1. The van der Waals surface area contributed by atoms with Gasteiger partial charge < -0.3 is 9.84 Å². The Labute approximate surface area is 114 Å². The van der Waals surface area contributed by atoms with Gasteiger partial charge in [-0.15, -0.1) is 0 Å². The Kier molecular flexibility index (Phi) is 4.04. The summed E-state index contributed by atoms with van der Waals surface area (Å²) in [7, 11) is 3.47. The van der Waals surface area contributed by atoms with Crippen LogP contribution in [0.3, 0.4) is 0 Å². The van der Waals surface area contributed by atoms with Crippen molar-refractivity contribution in [3.05, 3.63) is 46.2 Å². The number of aliphatic hydroxyl groups excluding tert-OH is 1. The molecule has 1 atom stereocenters. The van der Waals surface area contributed by atoms with Crippen molar-refractivity contribution in [1.82, 2.24) is 9.78 Å². The summed E-state index contributed by atoms with van der Waals surface area (Å²) < 4.78 is 7.75. The van der Waals surface area contributed by atoms with Crippen LogP contribution < -0.4 is 4.74 Å². The average Bonchev–Trinajstić information content (AvgIpc) is 2.75. The molecule has 2 rings (SSSR count). The molecule has 0 aliphatic rings. The minimum Gasteiger partial charge on any atom is -0.497 e. The Bertz CT molecular complexity index is 540. The van der Waals surface area contributed by atoms with Gasteiger partial charge in [-0.05, 0) is 29.8 Å². The molecule has 0 aliphatic carbocycles. The summed E-state index contributed by atoms with van der Waals surface area (Å²) in [5.41, 5.74) is 1.67. The largest absolute Gasteiger partial charge is 0.497 e. The molecule has 4 nitrogen and oxygen atoms in total. The van der Waals surface area contributed by atoms with Gasteiger partial charge >= 0.3 is 0 Å². The van der Waals surface area contributed by atoms with Crippen molar-refractivity contribution < 1.29 is 9.84 Å². The van der Waals surface area contributed by atoms with Crippen molar-refractivity contribution >= 4 is 15.9 Å². The van der Waals surface area contributed by atoms with E-state index in [1.54, 1.807) is 11.8 Å². The van der Waals surface area contributed by atoms with Gasteiger partial charge in [0, 0.05) is 24.1 Å². The minimum absolute atomic E-state index is 0.479. The van der Waals surface area contributed by atoms with E-state index in [1.165, 1.54) is 0 Å². The van der Waals surface area contributed by atoms with Crippen molar-refractivity contribution in [1.29, 1.82) is 0 Å². The maximum atomic E-state index is 10.2. The summed E-state index contributed by atoms with van der Waals surface area (Å²) in [5, 5.41) is 14.5. The fourth-order valence-electron chi connectivity index (χ4n) is 1.78. The minimum atomic E-state index is -0.607. The number of aryl methyl sites for hydroxylation is 1. The molecule has 1 aromatic heterocycles. The van der Waals surface area contributed by atoms with E-state index in [9.17, 15) is 5.11 Å². The predicted octanol–water partition coefficient (Wildman–Crippen LogP) is 2.47. The molecule has 0 spiro atoms. The topological polar surface area (TPSA) is 47.3 Å². The van der Waals surface area contributed by atoms with Crippen LogP contribution in [0.15, 0.2) is 34.9 Å². The van der Waals surface area contributed by atoms with Crippen LogP contribution in [0.5, 0.6) is 5.75 Å². The third kappa shape index (κ3) is 2.91. The monoisotopic (exact) mass is 310 g/mol. The van der Waals surface area contributed by atoms with E-state index >= 15 is 0 Å². The second kappa shape index (κ2) is 5.54.